The smallest absolute Gasteiger partial charge is 0.178 e. The third-order valence-corrected chi connectivity index (χ3v) is 6.60. The zero-order valence-corrected chi connectivity index (χ0v) is 20.7. The average molecular weight is 490 g/mol. The first kappa shape index (κ1) is 22.9. The maximum atomic E-state index is 6.12. The number of ether oxygens (including phenoxy) is 3. The van der Waals surface area contributed by atoms with Crippen molar-refractivity contribution >= 4 is 0 Å². The van der Waals surface area contributed by atoms with Crippen molar-refractivity contribution in [3.8, 4) is 39.9 Å². The SMILES string of the molecule is CC(C)n1ncnc1-c1cn2c(n1)-c1ccc(-c3cn(CCOC4CCCCO4)cn3)cc1OCC2. The lowest BCUT2D eigenvalue weighted by Gasteiger charge is -2.22. The minimum absolute atomic E-state index is 0.0711. The van der Waals surface area contributed by atoms with Crippen LogP contribution in [0.25, 0.3) is 34.2 Å². The Morgan fingerprint density at radius 3 is 2.89 bits per heavy atom. The van der Waals surface area contributed by atoms with E-state index in [1.165, 1.54) is 6.42 Å². The van der Waals surface area contributed by atoms with Gasteiger partial charge in [0.15, 0.2) is 12.1 Å². The molecular formula is C26H31N7O3. The zero-order chi connectivity index (χ0) is 24.5. The van der Waals surface area contributed by atoms with Gasteiger partial charge in [0.2, 0.25) is 0 Å². The molecule has 1 unspecified atom stereocenters. The van der Waals surface area contributed by atoms with E-state index in [4.69, 9.17) is 19.2 Å². The predicted octanol–water partition coefficient (Wildman–Crippen LogP) is 4.19. The van der Waals surface area contributed by atoms with Crippen molar-refractivity contribution in [3.63, 3.8) is 0 Å². The van der Waals surface area contributed by atoms with Gasteiger partial charge in [0.1, 0.15) is 30.2 Å². The summed E-state index contributed by atoms with van der Waals surface area (Å²) in [6.45, 7) is 7.57. The fraction of sp³-hybridized carbons (Fsp3) is 0.462. The van der Waals surface area contributed by atoms with E-state index in [0.717, 1.165) is 65.9 Å². The van der Waals surface area contributed by atoms with Crippen LogP contribution in [-0.4, -0.2) is 60.0 Å². The van der Waals surface area contributed by atoms with E-state index in [-0.39, 0.29) is 12.3 Å². The molecule has 0 spiro atoms. The van der Waals surface area contributed by atoms with Crippen LogP contribution in [0, 0.1) is 0 Å². The number of hydrogen-bond acceptors (Lipinski definition) is 7. The van der Waals surface area contributed by atoms with Gasteiger partial charge < -0.3 is 23.3 Å². The maximum Gasteiger partial charge on any atom is 0.178 e. The van der Waals surface area contributed by atoms with Crippen LogP contribution < -0.4 is 4.74 Å². The third-order valence-electron chi connectivity index (χ3n) is 6.60. The lowest BCUT2D eigenvalue weighted by atomic mass is 10.1. The standard InChI is InChI=1S/C26H31N7O3/c1-18(2)33-26(27-16-29-33)22-15-32-9-12-34-23-13-19(6-7-20(23)25(32)30-22)21-14-31(17-28-21)8-11-36-24-5-3-4-10-35-24/h6-7,13-18,24H,3-5,8-12H2,1-2H3. The van der Waals surface area contributed by atoms with Crippen LogP contribution in [0.15, 0.2) is 43.2 Å². The highest BCUT2D eigenvalue weighted by molar-refractivity contribution is 5.73. The molecule has 10 nitrogen and oxygen atoms in total. The molecular weight excluding hydrogens is 458 g/mol. The Hall–Kier alpha value is -3.50. The summed E-state index contributed by atoms with van der Waals surface area (Å²) < 4.78 is 23.7. The highest BCUT2D eigenvalue weighted by atomic mass is 16.7. The molecule has 0 bridgehead atoms. The van der Waals surface area contributed by atoms with Crippen LogP contribution in [-0.2, 0) is 22.6 Å². The highest BCUT2D eigenvalue weighted by Crippen LogP contribution is 2.36. The molecule has 1 aromatic carbocycles. The van der Waals surface area contributed by atoms with Crippen LogP contribution >= 0.6 is 0 Å². The summed E-state index contributed by atoms with van der Waals surface area (Å²) in [5, 5.41) is 4.36. The zero-order valence-electron chi connectivity index (χ0n) is 20.7. The summed E-state index contributed by atoms with van der Waals surface area (Å²) in [5.41, 5.74) is 3.67. The molecule has 0 saturated carbocycles. The van der Waals surface area contributed by atoms with Gasteiger partial charge in [-0.1, -0.05) is 6.07 Å². The van der Waals surface area contributed by atoms with Crippen molar-refractivity contribution in [1.29, 1.82) is 0 Å². The lowest BCUT2D eigenvalue weighted by Crippen LogP contribution is -2.23. The fourth-order valence-electron chi connectivity index (χ4n) is 4.72. The van der Waals surface area contributed by atoms with Crippen LogP contribution in [0.2, 0.25) is 0 Å². The summed E-state index contributed by atoms with van der Waals surface area (Å²) in [4.78, 5) is 14.0. The van der Waals surface area contributed by atoms with Crippen molar-refractivity contribution in [2.75, 3.05) is 19.8 Å². The number of fused-ring (bicyclic) bond motifs is 3. The topological polar surface area (TPSA) is 94.0 Å². The Kier molecular flexibility index (Phi) is 6.28. The molecule has 6 rings (SSSR count). The molecule has 188 valence electrons. The molecule has 0 aliphatic carbocycles. The fourth-order valence-corrected chi connectivity index (χ4v) is 4.72. The summed E-state index contributed by atoms with van der Waals surface area (Å²) in [6, 6.07) is 6.39. The van der Waals surface area contributed by atoms with E-state index in [9.17, 15) is 0 Å². The number of aromatic nitrogens is 7. The summed E-state index contributed by atoms with van der Waals surface area (Å²) >= 11 is 0. The van der Waals surface area contributed by atoms with Crippen molar-refractivity contribution in [2.45, 2.75) is 58.5 Å². The van der Waals surface area contributed by atoms with Crippen LogP contribution in [0.4, 0.5) is 0 Å². The summed E-state index contributed by atoms with van der Waals surface area (Å²) in [7, 11) is 0. The molecule has 36 heavy (non-hydrogen) atoms. The van der Waals surface area contributed by atoms with Crippen LogP contribution in [0.3, 0.4) is 0 Å². The van der Waals surface area contributed by atoms with Crippen molar-refractivity contribution in [3.05, 3.63) is 43.2 Å². The average Bonchev–Trinajstić information content (AvgIpc) is 3.63. The van der Waals surface area contributed by atoms with E-state index >= 15 is 0 Å². The van der Waals surface area contributed by atoms with Gasteiger partial charge in [0.25, 0.3) is 0 Å². The van der Waals surface area contributed by atoms with Gasteiger partial charge >= 0.3 is 0 Å². The van der Waals surface area contributed by atoms with Gasteiger partial charge in [-0.3, -0.25) is 0 Å². The molecule has 2 aliphatic rings. The number of hydrogen-bond donors (Lipinski definition) is 0. The first-order valence-corrected chi connectivity index (χ1v) is 12.7. The van der Waals surface area contributed by atoms with Gasteiger partial charge in [-0.2, -0.15) is 5.10 Å². The van der Waals surface area contributed by atoms with E-state index < -0.39 is 0 Å². The molecule has 10 heteroatoms. The van der Waals surface area contributed by atoms with Crippen molar-refractivity contribution in [1.82, 2.24) is 33.9 Å². The quantitative estimate of drug-likeness (QED) is 0.384. The summed E-state index contributed by atoms with van der Waals surface area (Å²) in [5.74, 6) is 2.45. The first-order chi connectivity index (χ1) is 17.7. The van der Waals surface area contributed by atoms with Gasteiger partial charge in [-0.05, 0) is 45.2 Å². The van der Waals surface area contributed by atoms with Crippen LogP contribution in [0.1, 0.15) is 39.2 Å². The second-order valence-corrected chi connectivity index (χ2v) is 9.49. The van der Waals surface area contributed by atoms with E-state index in [1.54, 1.807) is 6.33 Å². The van der Waals surface area contributed by atoms with Gasteiger partial charge in [0.05, 0.1) is 30.7 Å². The number of nitrogens with zero attached hydrogens (tertiary/aromatic N) is 7. The van der Waals surface area contributed by atoms with E-state index in [2.05, 4.69) is 56.2 Å². The van der Waals surface area contributed by atoms with E-state index in [0.29, 0.717) is 19.8 Å². The van der Waals surface area contributed by atoms with Gasteiger partial charge in [-0.15, -0.1) is 0 Å². The lowest BCUT2D eigenvalue weighted by molar-refractivity contribution is -0.163. The predicted molar refractivity (Wildman–Crippen MR) is 133 cm³/mol. The Balaban J connectivity index is 1.20. The van der Waals surface area contributed by atoms with Crippen molar-refractivity contribution < 1.29 is 14.2 Å². The second kappa shape index (κ2) is 9.87. The monoisotopic (exact) mass is 489 g/mol. The molecule has 1 saturated heterocycles. The molecule has 5 heterocycles. The Morgan fingerprint density at radius 2 is 2.03 bits per heavy atom. The molecule has 1 atom stereocenters. The minimum atomic E-state index is -0.0711. The molecule has 1 fully saturated rings. The normalized spacial score (nSPS) is 17.5. The van der Waals surface area contributed by atoms with Crippen molar-refractivity contribution in [2.24, 2.45) is 0 Å². The molecule has 4 aromatic rings. The highest BCUT2D eigenvalue weighted by Gasteiger charge is 2.22. The maximum absolute atomic E-state index is 6.12. The minimum Gasteiger partial charge on any atom is -0.491 e. The molecule has 0 radical (unpaired) electrons. The number of rotatable bonds is 7. The largest absolute Gasteiger partial charge is 0.491 e. The second-order valence-electron chi connectivity index (χ2n) is 9.49. The molecule has 0 N–H and O–H groups in total. The Labute approximate surface area is 209 Å². The number of imidazole rings is 2. The molecule has 2 aliphatic heterocycles. The van der Waals surface area contributed by atoms with Gasteiger partial charge in [-0.25, -0.2) is 19.6 Å². The molecule has 3 aromatic heterocycles. The Bertz CT molecular complexity index is 1330. The first-order valence-electron chi connectivity index (χ1n) is 12.7. The van der Waals surface area contributed by atoms with E-state index in [1.807, 2.05) is 23.4 Å². The van der Waals surface area contributed by atoms with Crippen LogP contribution in [0.5, 0.6) is 5.75 Å². The third kappa shape index (κ3) is 4.54. The van der Waals surface area contributed by atoms with Gasteiger partial charge in [0, 0.05) is 37.2 Å². The molecule has 0 amide bonds. The summed E-state index contributed by atoms with van der Waals surface area (Å²) in [6.07, 6.45) is 10.7. The number of benzene rings is 1. The Morgan fingerprint density at radius 1 is 1.08 bits per heavy atom.